The second-order valence-electron chi connectivity index (χ2n) is 4.68. The van der Waals surface area contributed by atoms with Crippen molar-refractivity contribution in [2.45, 2.75) is 39.4 Å². The summed E-state index contributed by atoms with van der Waals surface area (Å²) in [5, 5.41) is 10.6. The zero-order chi connectivity index (χ0) is 13.2. The number of ether oxygens (including phenoxy) is 2. The first-order valence-corrected chi connectivity index (χ1v) is 5.75. The molecule has 0 amide bonds. The molecule has 96 valence electrons. The maximum absolute atomic E-state index is 10.6. The van der Waals surface area contributed by atoms with Crippen molar-refractivity contribution in [2.75, 3.05) is 14.2 Å². The van der Waals surface area contributed by atoms with Gasteiger partial charge in [0.05, 0.1) is 13.2 Å². The predicted molar refractivity (Wildman–Crippen MR) is 68.5 cm³/mol. The van der Waals surface area contributed by atoms with Crippen molar-refractivity contribution in [3.05, 3.63) is 28.8 Å². The van der Waals surface area contributed by atoms with Gasteiger partial charge in [-0.1, -0.05) is 6.07 Å². The Hall–Kier alpha value is -1.06. The van der Waals surface area contributed by atoms with E-state index >= 15 is 0 Å². The Kier molecular flexibility index (Phi) is 4.17. The minimum absolute atomic E-state index is 0.308. The quantitative estimate of drug-likeness (QED) is 0.876. The first kappa shape index (κ1) is 14.0. The fourth-order valence-electron chi connectivity index (χ4n) is 2.17. The molecule has 0 aliphatic heterocycles. The highest BCUT2D eigenvalue weighted by Gasteiger charge is 2.35. The molecule has 0 bridgehead atoms. The fraction of sp³-hybridized carbons (Fsp3) is 0.571. The zero-order valence-corrected chi connectivity index (χ0v) is 11.5. The molecule has 0 spiro atoms. The summed E-state index contributed by atoms with van der Waals surface area (Å²) in [6.07, 6.45) is -0.308. The van der Waals surface area contributed by atoms with Crippen LogP contribution in [0.3, 0.4) is 0 Å². The van der Waals surface area contributed by atoms with Gasteiger partial charge in [-0.05, 0) is 44.9 Å². The monoisotopic (exact) mass is 238 g/mol. The van der Waals surface area contributed by atoms with Gasteiger partial charge in [-0.2, -0.15) is 0 Å². The molecule has 1 aromatic carbocycles. The number of rotatable bonds is 4. The Morgan fingerprint density at radius 1 is 1.24 bits per heavy atom. The van der Waals surface area contributed by atoms with Gasteiger partial charge in [0.1, 0.15) is 11.4 Å². The summed E-state index contributed by atoms with van der Waals surface area (Å²) in [5.74, 6) is 0.705. The molecule has 0 fully saturated rings. The van der Waals surface area contributed by atoms with Crippen molar-refractivity contribution in [2.24, 2.45) is 0 Å². The minimum atomic E-state index is -1.07. The maximum Gasteiger partial charge on any atom is 0.125 e. The molecule has 0 aliphatic rings. The lowest BCUT2D eigenvalue weighted by molar-refractivity contribution is -0.0786. The number of hydrogen-bond donors (Lipinski definition) is 1. The third kappa shape index (κ3) is 2.61. The van der Waals surface area contributed by atoms with Gasteiger partial charge >= 0.3 is 0 Å². The van der Waals surface area contributed by atoms with Crippen LogP contribution in [0, 0.1) is 13.8 Å². The Bertz CT molecular complexity index is 397. The summed E-state index contributed by atoms with van der Waals surface area (Å²) < 4.78 is 10.6. The van der Waals surface area contributed by atoms with Crippen molar-refractivity contribution in [3.63, 3.8) is 0 Å². The van der Waals surface area contributed by atoms with E-state index in [1.807, 2.05) is 32.9 Å². The SMILES string of the molecule is COc1cc(C)cc(C)c1C(C)(O)C(C)OC. The standard InChI is InChI=1S/C14H22O3/c1-9-7-10(2)13(12(8-9)17-6)14(4,15)11(3)16-5/h7-8,11,15H,1-6H3. The third-order valence-electron chi connectivity index (χ3n) is 3.31. The number of benzene rings is 1. The Morgan fingerprint density at radius 3 is 2.29 bits per heavy atom. The van der Waals surface area contributed by atoms with Crippen LogP contribution in [-0.2, 0) is 10.3 Å². The highest BCUT2D eigenvalue weighted by molar-refractivity contribution is 5.46. The topological polar surface area (TPSA) is 38.7 Å². The zero-order valence-electron chi connectivity index (χ0n) is 11.5. The van der Waals surface area contributed by atoms with E-state index in [1.165, 1.54) is 0 Å². The van der Waals surface area contributed by atoms with Crippen LogP contribution in [0.5, 0.6) is 5.75 Å². The maximum atomic E-state index is 10.6. The van der Waals surface area contributed by atoms with Crippen molar-refractivity contribution >= 4 is 0 Å². The molecule has 2 unspecified atom stereocenters. The van der Waals surface area contributed by atoms with Crippen molar-refractivity contribution < 1.29 is 14.6 Å². The van der Waals surface area contributed by atoms with E-state index in [0.717, 1.165) is 16.7 Å². The van der Waals surface area contributed by atoms with Crippen LogP contribution >= 0.6 is 0 Å². The normalized spacial score (nSPS) is 16.4. The van der Waals surface area contributed by atoms with Gasteiger partial charge in [-0.25, -0.2) is 0 Å². The second-order valence-corrected chi connectivity index (χ2v) is 4.68. The van der Waals surface area contributed by atoms with Crippen molar-refractivity contribution in [3.8, 4) is 5.75 Å². The predicted octanol–water partition coefficient (Wildman–Crippen LogP) is 2.55. The summed E-state index contributed by atoms with van der Waals surface area (Å²) in [4.78, 5) is 0. The molecule has 3 nitrogen and oxygen atoms in total. The van der Waals surface area contributed by atoms with E-state index in [-0.39, 0.29) is 6.10 Å². The van der Waals surface area contributed by atoms with Gasteiger partial charge in [0.25, 0.3) is 0 Å². The molecule has 1 aromatic rings. The largest absolute Gasteiger partial charge is 0.496 e. The molecule has 0 radical (unpaired) electrons. The molecule has 0 saturated carbocycles. The van der Waals surface area contributed by atoms with E-state index in [4.69, 9.17) is 9.47 Å². The highest BCUT2D eigenvalue weighted by Crippen LogP contribution is 2.36. The molecule has 1 N–H and O–H groups in total. The molecule has 0 aliphatic carbocycles. The second kappa shape index (κ2) is 5.07. The van der Waals surface area contributed by atoms with E-state index in [9.17, 15) is 5.11 Å². The summed E-state index contributed by atoms with van der Waals surface area (Å²) in [6.45, 7) is 7.58. The minimum Gasteiger partial charge on any atom is -0.496 e. The van der Waals surface area contributed by atoms with Crippen molar-refractivity contribution in [1.29, 1.82) is 0 Å². The average Bonchev–Trinajstić information content (AvgIpc) is 2.25. The van der Waals surface area contributed by atoms with Crippen LogP contribution < -0.4 is 4.74 Å². The van der Waals surface area contributed by atoms with Gasteiger partial charge in [-0.3, -0.25) is 0 Å². The average molecular weight is 238 g/mol. The lowest BCUT2D eigenvalue weighted by Crippen LogP contribution is -2.36. The van der Waals surface area contributed by atoms with Gasteiger partial charge in [-0.15, -0.1) is 0 Å². The van der Waals surface area contributed by atoms with E-state index < -0.39 is 5.60 Å². The van der Waals surface area contributed by atoms with Crippen LogP contribution in [0.15, 0.2) is 12.1 Å². The summed E-state index contributed by atoms with van der Waals surface area (Å²) in [5.41, 5.74) is 1.84. The molecular weight excluding hydrogens is 216 g/mol. The Morgan fingerprint density at radius 2 is 1.82 bits per heavy atom. The first-order chi connectivity index (χ1) is 7.84. The molecule has 1 rings (SSSR count). The van der Waals surface area contributed by atoms with E-state index in [0.29, 0.717) is 5.75 Å². The molecular formula is C14H22O3. The molecule has 2 atom stereocenters. The third-order valence-corrected chi connectivity index (χ3v) is 3.31. The van der Waals surface area contributed by atoms with Crippen molar-refractivity contribution in [1.82, 2.24) is 0 Å². The first-order valence-electron chi connectivity index (χ1n) is 5.75. The van der Waals surface area contributed by atoms with Gasteiger partial charge < -0.3 is 14.6 Å². The van der Waals surface area contributed by atoms with Crippen LogP contribution in [0.4, 0.5) is 0 Å². The lowest BCUT2D eigenvalue weighted by atomic mass is 9.86. The van der Waals surface area contributed by atoms with Crippen LogP contribution in [0.25, 0.3) is 0 Å². The summed E-state index contributed by atoms with van der Waals surface area (Å²) >= 11 is 0. The van der Waals surface area contributed by atoms with E-state index in [1.54, 1.807) is 21.1 Å². The van der Waals surface area contributed by atoms with Crippen LogP contribution in [0.2, 0.25) is 0 Å². The Balaban J connectivity index is 3.39. The number of hydrogen-bond acceptors (Lipinski definition) is 3. The fourth-order valence-corrected chi connectivity index (χ4v) is 2.17. The molecule has 17 heavy (non-hydrogen) atoms. The molecule has 3 heteroatoms. The number of aliphatic hydroxyl groups is 1. The smallest absolute Gasteiger partial charge is 0.125 e. The summed E-state index contributed by atoms with van der Waals surface area (Å²) in [7, 11) is 3.21. The molecule has 0 saturated heterocycles. The van der Waals surface area contributed by atoms with Crippen LogP contribution in [0.1, 0.15) is 30.5 Å². The van der Waals surface area contributed by atoms with Gasteiger partial charge in [0, 0.05) is 12.7 Å². The van der Waals surface area contributed by atoms with E-state index in [2.05, 4.69) is 0 Å². The molecule has 0 heterocycles. The Labute approximate surface area is 103 Å². The van der Waals surface area contributed by atoms with Gasteiger partial charge in [0.2, 0.25) is 0 Å². The number of methoxy groups -OCH3 is 2. The van der Waals surface area contributed by atoms with Gasteiger partial charge in [0.15, 0.2) is 0 Å². The number of aryl methyl sites for hydroxylation is 2. The highest BCUT2D eigenvalue weighted by atomic mass is 16.5. The molecule has 0 aromatic heterocycles. The summed E-state index contributed by atoms with van der Waals surface area (Å²) in [6, 6.07) is 3.97. The lowest BCUT2D eigenvalue weighted by Gasteiger charge is -2.32. The van der Waals surface area contributed by atoms with Crippen LogP contribution in [-0.4, -0.2) is 25.4 Å².